The monoisotopic (exact) mass is 459 g/mol. The van der Waals surface area contributed by atoms with Gasteiger partial charge in [0.2, 0.25) is 5.91 Å². The number of nitrogens with one attached hydrogen (secondary N) is 2. The summed E-state index contributed by atoms with van der Waals surface area (Å²) in [5.41, 5.74) is 0.352. The van der Waals surface area contributed by atoms with E-state index in [2.05, 4.69) is 15.6 Å². The Labute approximate surface area is 176 Å². The number of hydrogen-bond acceptors (Lipinski definition) is 6. The van der Waals surface area contributed by atoms with E-state index in [1.54, 1.807) is 11.4 Å². The molecule has 0 saturated carbocycles. The number of carbonyl (C=O) groups excluding carboxylic acids is 2. The lowest BCUT2D eigenvalue weighted by atomic mass is 10.2. The van der Waals surface area contributed by atoms with E-state index in [0.29, 0.717) is 5.69 Å². The number of amides is 2. The van der Waals surface area contributed by atoms with Crippen LogP contribution in [0.4, 0.5) is 24.0 Å². The van der Waals surface area contributed by atoms with Crippen molar-refractivity contribution in [3.05, 3.63) is 58.5 Å². The Kier molecular flexibility index (Phi) is 6.63. The molecular formula is C18H13ClF3N3O4S. The normalized spacial score (nSPS) is 11.2. The number of anilines is 2. The van der Waals surface area contributed by atoms with Crippen molar-refractivity contribution in [2.45, 2.75) is 12.6 Å². The minimum absolute atomic E-state index is 0.00155. The molecule has 0 fully saturated rings. The van der Waals surface area contributed by atoms with Gasteiger partial charge >= 0.3 is 6.18 Å². The van der Waals surface area contributed by atoms with Crippen LogP contribution >= 0.6 is 22.9 Å². The molecule has 0 radical (unpaired) electrons. The number of rotatable bonds is 7. The van der Waals surface area contributed by atoms with E-state index < -0.39 is 24.6 Å². The fourth-order valence-electron chi connectivity index (χ4n) is 2.26. The summed E-state index contributed by atoms with van der Waals surface area (Å²) in [7, 11) is 0. The zero-order chi connectivity index (χ0) is 21.7. The van der Waals surface area contributed by atoms with E-state index in [1.807, 2.05) is 0 Å². The second-order valence-electron chi connectivity index (χ2n) is 5.84. The molecule has 2 aromatic heterocycles. The molecule has 30 heavy (non-hydrogen) atoms. The van der Waals surface area contributed by atoms with Crippen LogP contribution in [0.25, 0.3) is 0 Å². The quantitative estimate of drug-likeness (QED) is 0.531. The molecule has 2 N–H and O–H groups in total. The topological polar surface area (TPSA) is 93.5 Å². The smallest absolute Gasteiger partial charge is 0.422 e. The molecule has 12 heteroatoms. The molecule has 3 aromatic rings. The molecule has 0 aliphatic carbocycles. The highest BCUT2D eigenvalue weighted by atomic mass is 35.5. The number of carbonyl (C=O) groups is 2. The molecule has 0 aliphatic heterocycles. The fourth-order valence-corrected chi connectivity index (χ4v) is 3.13. The highest BCUT2D eigenvalue weighted by Crippen LogP contribution is 2.30. The van der Waals surface area contributed by atoms with Crippen LogP contribution in [0.5, 0.6) is 5.75 Å². The molecule has 2 amide bonds. The number of halogens is 4. The summed E-state index contributed by atoms with van der Waals surface area (Å²) in [6.45, 7) is -1.51. The molecule has 2 heterocycles. The second-order valence-corrected chi connectivity index (χ2v) is 7.14. The Bertz CT molecular complexity index is 1040. The number of ether oxygens (including phenoxy) is 1. The van der Waals surface area contributed by atoms with Gasteiger partial charge < -0.3 is 14.5 Å². The first-order valence-corrected chi connectivity index (χ1v) is 9.53. The van der Waals surface area contributed by atoms with Crippen LogP contribution in [0.15, 0.2) is 46.4 Å². The van der Waals surface area contributed by atoms with Crippen LogP contribution < -0.4 is 15.4 Å². The molecule has 0 saturated heterocycles. The summed E-state index contributed by atoms with van der Waals surface area (Å²) in [4.78, 5) is 28.3. The van der Waals surface area contributed by atoms with Gasteiger partial charge in [-0.05, 0) is 30.3 Å². The van der Waals surface area contributed by atoms with Crippen LogP contribution in [0, 0.1) is 0 Å². The third-order valence-electron chi connectivity index (χ3n) is 3.47. The maximum absolute atomic E-state index is 12.4. The summed E-state index contributed by atoms with van der Waals surface area (Å²) < 4.78 is 46.9. The maximum Gasteiger partial charge on any atom is 0.422 e. The Hall–Kier alpha value is -3.05. The molecule has 3 rings (SSSR count). The van der Waals surface area contributed by atoms with Gasteiger partial charge in [-0.2, -0.15) is 13.2 Å². The zero-order valence-electron chi connectivity index (χ0n) is 15.0. The first-order chi connectivity index (χ1) is 14.2. The number of alkyl halides is 3. The molecule has 0 atom stereocenters. The van der Waals surface area contributed by atoms with E-state index in [1.165, 1.54) is 30.5 Å². The zero-order valence-corrected chi connectivity index (χ0v) is 16.5. The third kappa shape index (κ3) is 6.22. The lowest BCUT2D eigenvalue weighted by Gasteiger charge is -2.14. The molecular weight excluding hydrogens is 447 g/mol. The lowest BCUT2D eigenvalue weighted by molar-refractivity contribution is -0.153. The summed E-state index contributed by atoms with van der Waals surface area (Å²) in [5, 5.41) is 7.02. The molecule has 1 aromatic carbocycles. The lowest BCUT2D eigenvalue weighted by Crippen LogP contribution is -2.21. The maximum atomic E-state index is 12.4. The van der Waals surface area contributed by atoms with Crippen molar-refractivity contribution in [2.24, 2.45) is 0 Å². The predicted octanol–water partition coefficient (Wildman–Crippen LogP) is 4.76. The van der Waals surface area contributed by atoms with Gasteiger partial charge in [-0.15, -0.1) is 11.3 Å². The Morgan fingerprint density at radius 2 is 2.03 bits per heavy atom. The van der Waals surface area contributed by atoms with Gasteiger partial charge in [0.1, 0.15) is 5.75 Å². The minimum atomic E-state index is -4.53. The van der Waals surface area contributed by atoms with Gasteiger partial charge in [0, 0.05) is 10.4 Å². The van der Waals surface area contributed by atoms with Crippen molar-refractivity contribution in [3.63, 3.8) is 0 Å². The first-order valence-electron chi connectivity index (χ1n) is 8.28. The first kappa shape index (κ1) is 21.7. The number of hydrogen-bond donors (Lipinski definition) is 2. The Balaban J connectivity index is 1.61. The molecule has 0 spiro atoms. The van der Waals surface area contributed by atoms with Crippen LogP contribution in [-0.2, 0) is 11.2 Å². The largest absolute Gasteiger partial charge is 0.482 e. The average molecular weight is 460 g/mol. The van der Waals surface area contributed by atoms with Gasteiger partial charge in [0.05, 0.1) is 24.1 Å². The molecule has 0 bridgehead atoms. The number of benzene rings is 1. The van der Waals surface area contributed by atoms with E-state index in [-0.39, 0.29) is 33.8 Å². The van der Waals surface area contributed by atoms with Gasteiger partial charge in [0.15, 0.2) is 17.5 Å². The number of thiazole rings is 1. The third-order valence-corrected chi connectivity index (χ3v) is 4.51. The number of nitrogens with zero attached hydrogens (tertiary/aromatic N) is 1. The van der Waals surface area contributed by atoms with Crippen molar-refractivity contribution in [2.75, 3.05) is 17.2 Å². The Morgan fingerprint density at radius 1 is 1.23 bits per heavy atom. The summed E-state index contributed by atoms with van der Waals surface area (Å²) in [6, 6.07) is 6.91. The summed E-state index contributed by atoms with van der Waals surface area (Å²) in [5.74, 6) is -1.11. The summed E-state index contributed by atoms with van der Waals surface area (Å²) >= 11 is 6.96. The SMILES string of the molecule is O=C(Cc1csc(NC(=O)c2ccco2)n1)Nc1cc(Cl)ccc1OCC(F)(F)F. The fraction of sp³-hybridized carbons (Fsp3) is 0.167. The van der Waals surface area contributed by atoms with Crippen LogP contribution in [0.2, 0.25) is 5.02 Å². The van der Waals surface area contributed by atoms with Crippen LogP contribution in [0.1, 0.15) is 16.2 Å². The van der Waals surface area contributed by atoms with E-state index >= 15 is 0 Å². The molecule has 158 valence electrons. The standard InChI is InChI=1S/C18H13ClF3N3O4S/c19-10-3-4-13(29-9-18(20,21)22)12(6-10)24-15(26)7-11-8-30-17(23-11)25-16(27)14-2-1-5-28-14/h1-6,8H,7,9H2,(H,24,26)(H,23,25,27). The molecule has 7 nitrogen and oxygen atoms in total. The van der Waals surface area contributed by atoms with Crippen molar-refractivity contribution in [3.8, 4) is 5.75 Å². The number of aromatic nitrogens is 1. The molecule has 0 aliphatic rings. The molecule has 0 unspecified atom stereocenters. The van der Waals surface area contributed by atoms with Crippen LogP contribution in [-0.4, -0.2) is 29.6 Å². The van der Waals surface area contributed by atoms with E-state index in [9.17, 15) is 22.8 Å². The van der Waals surface area contributed by atoms with Gasteiger partial charge in [-0.1, -0.05) is 11.6 Å². The minimum Gasteiger partial charge on any atom is -0.482 e. The van der Waals surface area contributed by atoms with Crippen molar-refractivity contribution in [1.82, 2.24) is 4.98 Å². The van der Waals surface area contributed by atoms with Crippen molar-refractivity contribution < 1.29 is 31.9 Å². The highest BCUT2D eigenvalue weighted by molar-refractivity contribution is 7.14. The predicted molar refractivity (Wildman–Crippen MR) is 104 cm³/mol. The van der Waals surface area contributed by atoms with Gasteiger partial charge in [0.25, 0.3) is 5.91 Å². The highest BCUT2D eigenvalue weighted by Gasteiger charge is 2.29. The second kappa shape index (κ2) is 9.18. The summed E-state index contributed by atoms with van der Waals surface area (Å²) in [6.07, 6.45) is -3.36. The number of furan rings is 1. The van der Waals surface area contributed by atoms with Crippen molar-refractivity contribution >= 4 is 45.6 Å². The van der Waals surface area contributed by atoms with Gasteiger partial charge in [-0.25, -0.2) is 4.98 Å². The van der Waals surface area contributed by atoms with Gasteiger partial charge in [-0.3, -0.25) is 14.9 Å². The van der Waals surface area contributed by atoms with Crippen molar-refractivity contribution in [1.29, 1.82) is 0 Å². The van der Waals surface area contributed by atoms with Crippen LogP contribution in [0.3, 0.4) is 0 Å². The Morgan fingerprint density at radius 3 is 2.73 bits per heavy atom. The van der Waals surface area contributed by atoms with E-state index in [0.717, 1.165) is 11.3 Å². The average Bonchev–Trinajstić information content (AvgIpc) is 3.32. The van der Waals surface area contributed by atoms with E-state index in [4.69, 9.17) is 20.8 Å².